The third kappa shape index (κ3) is 3.61. The molecule has 0 unspecified atom stereocenters. The Morgan fingerprint density at radius 2 is 1.71 bits per heavy atom. The van der Waals surface area contributed by atoms with Crippen LogP contribution in [-0.4, -0.2) is 29.2 Å². The summed E-state index contributed by atoms with van der Waals surface area (Å²) in [7, 11) is 0. The lowest BCUT2D eigenvalue weighted by atomic mass is 9.94. The van der Waals surface area contributed by atoms with Crippen molar-refractivity contribution in [3.05, 3.63) is 76.9 Å². The summed E-state index contributed by atoms with van der Waals surface area (Å²) in [5.74, 6) is -1.03. The molecule has 2 aromatic rings. The Hall–Kier alpha value is -1.50. The molecular weight excluding hydrogens is 415 g/mol. The van der Waals surface area contributed by atoms with Crippen molar-refractivity contribution in [2.75, 3.05) is 17.6 Å². The Labute approximate surface area is 155 Å². The van der Waals surface area contributed by atoms with Crippen LogP contribution in [0.5, 0.6) is 0 Å². The molecule has 0 atom stereocenters. The SMILES string of the molecule is Cc1ccc(C(=O)/C(=C\c2ccccc2)C2(CI)OCCO2)cc1. The molecule has 3 rings (SSSR count). The topological polar surface area (TPSA) is 35.5 Å². The first-order chi connectivity index (χ1) is 11.6. The minimum absolute atomic E-state index is 0.0579. The molecule has 4 heteroatoms. The number of benzene rings is 2. The van der Waals surface area contributed by atoms with E-state index in [4.69, 9.17) is 9.47 Å². The molecule has 1 fully saturated rings. The zero-order chi connectivity index (χ0) is 17.0. The number of ketones is 1. The fraction of sp³-hybridized carbons (Fsp3) is 0.250. The first-order valence-electron chi connectivity index (χ1n) is 7.87. The van der Waals surface area contributed by atoms with Crippen molar-refractivity contribution in [2.24, 2.45) is 0 Å². The fourth-order valence-electron chi connectivity index (χ4n) is 2.68. The molecule has 0 aliphatic carbocycles. The highest BCUT2D eigenvalue weighted by molar-refractivity contribution is 14.1. The molecule has 0 radical (unpaired) electrons. The Morgan fingerprint density at radius 1 is 1.08 bits per heavy atom. The van der Waals surface area contributed by atoms with E-state index >= 15 is 0 Å². The average molecular weight is 434 g/mol. The number of aryl methyl sites for hydroxylation is 1. The maximum atomic E-state index is 13.2. The zero-order valence-corrected chi connectivity index (χ0v) is 15.7. The van der Waals surface area contributed by atoms with Gasteiger partial charge in [-0.2, -0.15) is 0 Å². The molecule has 0 N–H and O–H groups in total. The van der Waals surface area contributed by atoms with Crippen LogP contribution in [0.4, 0.5) is 0 Å². The van der Waals surface area contributed by atoms with Crippen LogP contribution >= 0.6 is 22.6 Å². The third-order valence-corrected chi connectivity index (χ3v) is 5.01. The summed E-state index contributed by atoms with van der Waals surface area (Å²) in [4.78, 5) is 13.2. The number of hydrogen-bond donors (Lipinski definition) is 0. The number of halogens is 1. The monoisotopic (exact) mass is 434 g/mol. The summed E-state index contributed by atoms with van der Waals surface area (Å²) in [5, 5.41) is 0. The van der Waals surface area contributed by atoms with E-state index in [-0.39, 0.29) is 5.78 Å². The summed E-state index contributed by atoms with van der Waals surface area (Å²) < 4.78 is 12.3. The molecule has 0 aromatic heterocycles. The van der Waals surface area contributed by atoms with Crippen LogP contribution in [0.2, 0.25) is 0 Å². The van der Waals surface area contributed by atoms with Gasteiger partial charge < -0.3 is 9.47 Å². The van der Waals surface area contributed by atoms with Crippen molar-refractivity contribution in [2.45, 2.75) is 12.7 Å². The summed E-state index contributed by atoms with van der Waals surface area (Å²) in [6.07, 6.45) is 1.88. The molecule has 0 amide bonds. The molecule has 1 aliphatic heterocycles. The second-order valence-electron chi connectivity index (χ2n) is 5.75. The highest BCUT2D eigenvalue weighted by Crippen LogP contribution is 2.34. The predicted molar refractivity (Wildman–Crippen MR) is 103 cm³/mol. The van der Waals surface area contributed by atoms with Crippen LogP contribution < -0.4 is 0 Å². The molecule has 2 aromatic carbocycles. The second kappa shape index (κ2) is 7.59. The van der Waals surface area contributed by atoms with Gasteiger partial charge in [-0.1, -0.05) is 82.8 Å². The molecule has 1 heterocycles. The van der Waals surface area contributed by atoms with Crippen molar-refractivity contribution in [3.8, 4) is 0 Å². The lowest BCUT2D eigenvalue weighted by Crippen LogP contribution is -2.38. The van der Waals surface area contributed by atoms with E-state index in [1.807, 2.05) is 67.6 Å². The first-order valence-corrected chi connectivity index (χ1v) is 9.40. The molecule has 0 saturated carbocycles. The Morgan fingerprint density at radius 3 is 2.29 bits per heavy atom. The maximum Gasteiger partial charge on any atom is 0.208 e. The molecule has 1 saturated heterocycles. The van der Waals surface area contributed by atoms with E-state index in [2.05, 4.69) is 22.6 Å². The quantitative estimate of drug-likeness (QED) is 0.302. The number of carbonyl (C=O) groups excluding carboxylic acids is 1. The van der Waals surface area contributed by atoms with Crippen molar-refractivity contribution in [1.29, 1.82) is 0 Å². The molecular formula is C20H19IO3. The van der Waals surface area contributed by atoms with Crippen molar-refractivity contribution in [3.63, 3.8) is 0 Å². The van der Waals surface area contributed by atoms with Gasteiger partial charge >= 0.3 is 0 Å². The van der Waals surface area contributed by atoms with Gasteiger partial charge in [0.05, 0.1) is 23.2 Å². The normalized spacial score (nSPS) is 17.0. The van der Waals surface area contributed by atoms with Gasteiger partial charge in [0, 0.05) is 5.56 Å². The molecule has 1 aliphatic rings. The molecule has 0 bridgehead atoms. The van der Waals surface area contributed by atoms with Crippen molar-refractivity contribution in [1.82, 2.24) is 0 Å². The highest BCUT2D eigenvalue weighted by Gasteiger charge is 2.43. The van der Waals surface area contributed by atoms with Gasteiger partial charge in [-0.25, -0.2) is 0 Å². The Balaban J connectivity index is 2.06. The van der Waals surface area contributed by atoms with Crippen LogP contribution in [0.1, 0.15) is 21.5 Å². The number of ether oxygens (including phenoxy) is 2. The summed E-state index contributed by atoms with van der Waals surface area (Å²) >= 11 is 2.22. The summed E-state index contributed by atoms with van der Waals surface area (Å²) in [5.41, 5.74) is 3.27. The lowest BCUT2D eigenvalue weighted by Gasteiger charge is -2.27. The van der Waals surface area contributed by atoms with Gasteiger partial charge in [0.1, 0.15) is 0 Å². The van der Waals surface area contributed by atoms with E-state index in [0.29, 0.717) is 28.8 Å². The van der Waals surface area contributed by atoms with E-state index in [0.717, 1.165) is 11.1 Å². The predicted octanol–water partition coefficient (Wildman–Crippen LogP) is 4.44. The number of rotatable bonds is 5. The van der Waals surface area contributed by atoms with Gasteiger partial charge in [-0.15, -0.1) is 0 Å². The summed E-state index contributed by atoms with van der Waals surface area (Å²) in [6, 6.07) is 17.4. The smallest absolute Gasteiger partial charge is 0.208 e. The van der Waals surface area contributed by atoms with Crippen LogP contribution in [-0.2, 0) is 9.47 Å². The van der Waals surface area contributed by atoms with Gasteiger partial charge in [-0.3, -0.25) is 4.79 Å². The van der Waals surface area contributed by atoms with Gasteiger partial charge in [0.25, 0.3) is 0 Å². The zero-order valence-electron chi connectivity index (χ0n) is 13.5. The second-order valence-corrected chi connectivity index (χ2v) is 6.51. The maximum absolute atomic E-state index is 13.2. The number of Topliss-reactive ketones (excluding diaryl/α,β-unsaturated/α-hetero) is 1. The minimum Gasteiger partial charge on any atom is -0.343 e. The number of carbonyl (C=O) groups is 1. The van der Waals surface area contributed by atoms with E-state index < -0.39 is 5.79 Å². The fourth-order valence-corrected chi connectivity index (χ4v) is 3.54. The molecule has 3 nitrogen and oxygen atoms in total. The van der Waals surface area contributed by atoms with E-state index in [1.165, 1.54) is 0 Å². The van der Waals surface area contributed by atoms with E-state index in [9.17, 15) is 4.79 Å². The number of hydrogen-bond acceptors (Lipinski definition) is 3. The van der Waals surface area contributed by atoms with Crippen molar-refractivity contribution < 1.29 is 14.3 Å². The largest absolute Gasteiger partial charge is 0.343 e. The van der Waals surface area contributed by atoms with Gasteiger partial charge in [0.15, 0.2) is 5.78 Å². The molecule has 24 heavy (non-hydrogen) atoms. The highest BCUT2D eigenvalue weighted by atomic mass is 127. The summed E-state index contributed by atoms with van der Waals surface area (Å²) in [6.45, 7) is 3.00. The van der Waals surface area contributed by atoms with Crippen LogP contribution in [0.25, 0.3) is 6.08 Å². The van der Waals surface area contributed by atoms with Crippen LogP contribution in [0.3, 0.4) is 0 Å². The van der Waals surface area contributed by atoms with Crippen LogP contribution in [0, 0.1) is 6.92 Å². The van der Waals surface area contributed by atoms with E-state index in [1.54, 1.807) is 0 Å². The first kappa shape index (κ1) is 17.3. The Kier molecular flexibility index (Phi) is 5.48. The Bertz CT molecular complexity index is 729. The molecule has 124 valence electrons. The van der Waals surface area contributed by atoms with Crippen LogP contribution in [0.15, 0.2) is 60.2 Å². The third-order valence-electron chi connectivity index (χ3n) is 4.01. The van der Waals surface area contributed by atoms with Gasteiger partial charge in [-0.05, 0) is 18.6 Å². The standard InChI is InChI=1S/C20H19IO3/c1-15-7-9-17(10-8-15)19(22)18(13-16-5-3-2-4-6-16)20(14-21)23-11-12-24-20/h2-10,13H,11-12,14H2,1H3/b18-13+. The number of alkyl halides is 1. The lowest BCUT2D eigenvalue weighted by molar-refractivity contribution is -0.0997. The van der Waals surface area contributed by atoms with Crippen molar-refractivity contribution >= 4 is 34.5 Å². The average Bonchev–Trinajstić information content (AvgIpc) is 3.11. The van der Waals surface area contributed by atoms with Gasteiger partial charge in [0.2, 0.25) is 5.79 Å². The minimum atomic E-state index is -0.974. The molecule has 0 spiro atoms.